The van der Waals surface area contributed by atoms with Crippen molar-refractivity contribution in [2.24, 2.45) is 0 Å². The molecule has 1 N–H and O–H groups in total. The summed E-state index contributed by atoms with van der Waals surface area (Å²) in [7, 11) is 0. The van der Waals surface area contributed by atoms with Crippen molar-refractivity contribution >= 4 is 22.9 Å². The lowest BCUT2D eigenvalue weighted by atomic mass is 10.3. The predicted molar refractivity (Wildman–Crippen MR) is 67.5 cm³/mol. The Bertz CT molecular complexity index is 640. The van der Waals surface area contributed by atoms with Crippen LogP contribution in [0.3, 0.4) is 0 Å². The topological polar surface area (TPSA) is 67.8 Å². The highest BCUT2D eigenvalue weighted by Crippen LogP contribution is 2.19. The molecule has 2 heterocycles. The highest BCUT2D eigenvalue weighted by Gasteiger charge is 2.12. The monoisotopic (exact) mass is 271 g/mol. The molecule has 0 aliphatic heterocycles. The quantitative estimate of drug-likeness (QED) is 0.842. The molecular weight excluding hydrogens is 262 g/mol. The molecule has 0 saturated carbocycles. The molecule has 0 fully saturated rings. The van der Waals surface area contributed by atoms with Gasteiger partial charge in [-0.2, -0.15) is 0 Å². The lowest BCUT2D eigenvalue weighted by molar-refractivity contribution is 0.857. The van der Waals surface area contributed by atoms with Crippen LogP contribution < -0.4 is 11.2 Å². The van der Waals surface area contributed by atoms with E-state index >= 15 is 0 Å². The van der Waals surface area contributed by atoms with Crippen molar-refractivity contribution in [1.29, 1.82) is 0 Å². The van der Waals surface area contributed by atoms with Gasteiger partial charge in [0.2, 0.25) is 5.13 Å². The molecule has 0 bridgehead atoms. The number of aromatic nitrogens is 3. The minimum atomic E-state index is -0.570. The summed E-state index contributed by atoms with van der Waals surface area (Å²) >= 11 is 6.90. The van der Waals surface area contributed by atoms with E-state index in [1.807, 2.05) is 13.8 Å². The normalized spacial score (nSPS) is 10.8. The van der Waals surface area contributed by atoms with Crippen LogP contribution in [0.2, 0.25) is 5.15 Å². The maximum atomic E-state index is 11.7. The van der Waals surface area contributed by atoms with Crippen LogP contribution >= 0.6 is 22.9 Å². The van der Waals surface area contributed by atoms with Crippen molar-refractivity contribution in [1.82, 2.24) is 14.5 Å². The van der Waals surface area contributed by atoms with E-state index in [2.05, 4.69) is 9.97 Å². The summed E-state index contributed by atoms with van der Waals surface area (Å²) in [5.41, 5.74) is -0.152. The van der Waals surface area contributed by atoms with Gasteiger partial charge in [-0.05, 0) is 13.3 Å². The van der Waals surface area contributed by atoms with Crippen LogP contribution in [0.5, 0.6) is 0 Å². The van der Waals surface area contributed by atoms with Gasteiger partial charge < -0.3 is 0 Å². The van der Waals surface area contributed by atoms with E-state index in [1.54, 1.807) is 0 Å². The van der Waals surface area contributed by atoms with E-state index in [0.29, 0.717) is 5.13 Å². The van der Waals surface area contributed by atoms with Crippen LogP contribution in [0.25, 0.3) is 5.13 Å². The van der Waals surface area contributed by atoms with Gasteiger partial charge in [-0.3, -0.25) is 9.78 Å². The maximum Gasteiger partial charge on any atom is 0.336 e. The molecule has 2 aromatic heterocycles. The molecule has 0 aromatic carbocycles. The molecule has 0 amide bonds. The summed E-state index contributed by atoms with van der Waals surface area (Å²) in [6.45, 7) is 3.88. The van der Waals surface area contributed by atoms with Crippen molar-refractivity contribution in [3.05, 3.63) is 42.6 Å². The third-order valence-corrected chi connectivity index (χ3v) is 3.51. The molecular formula is C10H10ClN3O2S. The Balaban J connectivity index is 2.69. The van der Waals surface area contributed by atoms with Crippen molar-refractivity contribution in [2.45, 2.75) is 20.3 Å². The highest BCUT2D eigenvalue weighted by atomic mass is 35.5. The number of hydrogen-bond donors (Lipinski definition) is 1. The zero-order valence-corrected chi connectivity index (χ0v) is 10.9. The Morgan fingerprint density at radius 2 is 2.24 bits per heavy atom. The second kappa shape index (κ2) is 4.46. The number of aromatic amines is 1. The van der Waals surface area contributed by atoms with Crippen LogP contribution in [-0.2, 0) is 6.42 Å². The number of nitrogens with zero attached hydrogens (tertiary/aromatic N) is 2. The van der Waals surface area contributed by atoms with Gasteiger partial charge >= 0.3 is 5.69 Å². The molecule has 0 atom stereocenters. The van der Waals surface area contributed by atoms with Gasteiger partial charge in [0.15, 0.2) is 0 Å². The van der Waals surface area contributed by atoms with Crippen molar-refractivity contribution in [3.8, 4) is 5.13 Å². The first kappa shape index (κ1) is 12.1. The molecule has 0 aliphatic carbocycles. The summed E-state index contributed by atoms with van der Waals surface area (Å²) in [5.74, 6) is 0. The molecule has 0 saturated heterocycles. The van der Waals surface area contributed by atoms with Crippen LogP contribution in [-0.4, -0.2) is 14.5 Å². The Hall–Kier alpha value is -1.40. The average Bonchev–Trinajstić information content (AvgIpc) is 2.57. The van der Waals surface area contributed by atoms with Crippen molar-refractivity contribution in [2.75, 3.05) is 0 Å². The zero-order chi connectivity index (χ0) is 12.6. The van der Waals surface area contributed by atoms with Crippen molar-refractivity contribution in [3.63, 3.8) is 0 Å². The average molecular weight is 272 g/mol. The Morgan fingerprint density at radius 3 is 2.76 bits per heavy atom. The van der Waals surface area contributed by atoms with E-state index in [9.17, 15) is 9.59 Å². The maximum absolute atomic E-state index is 11.7. The zero-order valence-electron chi connectivity index (χ0n) is 9.28. The minimum absolute atomic E-state index is 0.0280. The fourth-order valence-corrected chi connectivity index (χ4v) is 2.66. The highest BCUT2D eigenvalue weighted by molar-refractivity contribution is 7.14. The lowest BCUT2D eigenvalue weighted by Crippen LogP contribution is -2.32. The number of hydrogen-bond acceptors (Lipinski definition) is 4. The van der Waals surface area contributed by atoms with E-state index < -0.39 is 11.2 Å². The molecule has 17 heavy (non-hydrogen) atoms. The standard InChI is InChI=1S/C10H10ClN3O2S/c1-3-6-5(2)17-10(12-6)14-8(15)4-7(11)13-9(14)16/h4H,3H2,1-2H3,(H,13,16). The van der Waals surface area contributed by atoms with Gasteiger partial charge in [0.25, 0.3) is 5.56 Å². The molecule has 0 aliphatic rings. The molecule has 2 aromatic rings. The smallest absolute Gasteiger partial charge is 0.297 e. The van der Waals surface area contributed by atoms with Gasteiger partial charge in [-0.1, -0.05) is 18.5 Å². The predicted octanol–water partition coefficient (Wildman–Crippen LogP) is 1.51. The molecule has 7 heteroatoms. The summed E-state index contributed by atoms with van der Waals surface area (Å²) in [5, 5.41) is 0.405. The Labute approximate surface area is 106 Å². The third kappa shape index (κ3) is 2.18. The van der Waals surface area contributed by atoms with E-state index in [4.69, 9.17) is 11.6 Å². The Morgan fingerprint density at radius 1 is 1.53 bits per heavy atom. The number of thiazole rings is 1. The first-order chi connectivity index (χ1) is 8.02. The second-order valence-corrected chi connectivity index (χ2v) is 5.04. The summed E-state index contributed by atoms with van der Waals surface area (Å²) < 4.78 is 0.989. The van der Waals surface area contributed by atoms with Crippen LogP contribution in [0.1, 0.15) is 17.5 Å². The fraction of sp³-hybridized carbons (Fsp3) is 0.300. The lowest BCUT2D eigenvalue weighted by Gasteiger charge is -1.98. The third-order valence-electron chi connectivity index (χ3n) is 2.31. The number of rotatable bonds is 2. The molecule has 2 rings (SSSR count). The van der Waals surface area contributed by atoms with Crippen LogP contribution in [0.15, 0.2) is 15.7 Å². The summed E-state index contributed by atoms with van der Waals surface area (Å²) in [6, 6.07) is 1.16. The van der Waals surface area contributed by atoms with Crippen LogP contribution in [0, 0.1) is 6.92 Å². The van der Waals surface area contributed by atoms with E-state index in [-0.39, 0.29) is 5.15 Å². The van der Waals surface area contributed by atoms with Gasteiger partial charge in [-0.15, -0.1) is 11.3 Å². The van der Waals surface area contributed by atoms with Gasteiger partial charge in [0, 0.05) is 10.9 Å². The fourth-order valence-electron chi connectivity index (χ4n) is 1.48. The molecule has 0 spiro atoms. The number of nitrogens with one attached hydrogen (secondary N) is 1. The first-order valence-corrected chi connectivity index (χ1v) is 6.21. The number of aryl methyl sites for hydroxylation is 2. The summed E-state index contributed by atoms with van der Waals surface area (Å²) in [6.07, 6.45) is 0.766. The van der Waals surface area contributed by atoms with Gasteiger partial charge in [0.05, 0.1) is 5.69 Å². The van der Waals surface area contributed by atoms with Gasteiger partial charge in [-0.25, -0.2) is 14.3 Å². The molecule has 5 nitrogen and oxygen atoms in total. The van der Waals surface area contributed by atoms with Crippen LogP contribution in [0.4, 0.5) is 0 Å². The number of H-pyrrole nitrogens is 1. The largest absolute Gasteiger partial charge is 0.336 e. The SMILES string of the molecule is CCc1nc(-n2c(=O)cc(Cl)[nH]c2=O)sc1C. The second-order valence-electron chi connectivity index (χ2n) is 3.45. The van der Waals surface area contributed by atoms with E-state index in [0.717, 1.165) is 27.6 Å². The minimum Gasteiger partial charge on any atom is -0.297 e. The molecule has 0 unspecified atom stereocenters. The number of halogens is 1. The summed E-state index contributed by atoms with van der Waals surface area (Å²) in [4.78, 5) is 31.0. The molecule has 90 valence electrons. The Kier molecular flexibility index (Phi) is 3.17. The van der Waals surface area contributed by atoms with Crippen molar-refractivity contribution < 1.29 is 0 Å². The van der Waals surface area contributed by atoms with E-state index in [1.165, 1.54) is 11.3 Å². The first-order valence-electron chi connectivity index (χ1n) is 5.01. The van der Waals surface area contributed by atoms with Gasteiger partial charge in [0.1, 0.15) is 5.15 Å². The molecule has 0 radical (unpaired) electrons.